The number of nitrogens with one attached hydrogen (secondary N) is 3. The quantitative estimate of drug-likeness (QED) is 0.133. The van der Waals surface area contributed by atoms with Gasteiger partial charge in [0.05, 0.1) is 12.5 Å². The number of hydrogen-bond acceptors (Lipinski definition) is 8. The molecule has 0 aromatic heterocycles. The molecule has 0 rings (SSSR count). The molecule has 31 heavy (non-hydrogen) atoms. The van der Waals surface area contributed by atoms with Crippen molar-refractivity contribution in [2.45, 2.75) is 56.8 Å². The Morgan fingerprint density at radius 3 is 1.90 bits per heavy atom. The molecular weight excluding hydrogens is 434 g/mol. The number of thioether (sulfide) groups is 1. The first-order valence-electron chi connectivity index (χ1n) is 9.27. The van der Waals surface area contributed by atoms with Crippen LogP contribution in [0.25, 0.3) is 0 Å². The molecule has 0 aromatic rings. The van der Waals surface area contributed by atoms with Crippen LogP contribution in [0.2, 0.25) is 0 Å². The third-order valence-corrected chi connectivity index (χ3v) is 4.65. The Labute approximate surface area is 183 Å². The second-order valence-corrected chi connectivity index (χ2v) is 7.67. The molecule has 0 spiro atoms. The van der Waals surface area contributed by atoms with Gasteiger partial charge in [0.25, 0.3) is 0 Å². The summed E-state index contributed by atoms with van der Waals surface area (Å²) >= 11 is 1.39. The van der Waals surface area contributed by atoms with Crippen molar-refractivity contribution in [3.05, 3.63) is 0 Å². The molecule has 176 valence electrons. The highest BCUT2D eigenvalue weighted by atomic mass is 32.2. The fraction of sp³-hybridized carbons (Fsp3) is 0.647. The highest BCUT2D eigenvalue weighted by molar-refractivity contribution is 7.98. The summed E-state index contributed by atoms with van der Waals surface area (Å²) in [5.74, 6) is -5.36. The molecule has 4 amide bonds. The maximum atomic E-state index is 12.7. The summed E-state index contributed by atoms with van der Waals surface area (Å²) in [6.45, 7) is 1.21. The topological polar surface area (TPSA) is 231 Å². The van der Waals surface area contributed by atoms with E-state index in [1.807, 2.05) is 0 Å². The Morgan fingerprint density at radius 1 is 0.903 bits per heavy atom. The highest BCUT2D eigenvalue weighted by Crippen LogP contribution is 2.05. The van der Waals surface area contributed by atoms with Crippen LogP contribution in [-0.4, -0.2) is 82.0 Å². The summed E-state index contributed by atoms with van der Waals surface area (Å²) in [5, 5.41) is 24.7. The van der Waals surface area contributed by atoms with E-state index in [0.29, 0.717) is 5.75 Å². The summed E-state index contributed by atoms with van der Waals surface area (Å²) in [6, 6.07) is -5.02. The van der Waals surface area contributed by atoms with Gasteiger partial charge >= 0.3 is 11.9 Å². The molecule has 0 bridgehead atoms. The van der Waals surface area contributed by atoms with Gasteiger partial charge in [-0.15, -0.1) is 0 Å². The molecule has 0 aliphatic rings. The van der Waals surface area contributed by atoms with Crippen molar-refractivity contribution >= 4 is 47.3 Å². The summed E-state index contributed by atoms with van der Waals surface area (Å²) in [4.78, 5) is 70.0. The third kappa shape index (κ3) is 11.8. The van der Waals surface area contributed by atoms with Crippen LogP contribution in [0.3, 0.4) is 0 Å². The van der Waals surface area contributed by atoms with Gasteiger partial charge in [-0.2, -0.15) is 11.8 Å². The lowest BCUT2D eigenvalue weighted by Gasteiger charge is -2.24. The van der Waals surface area contributed by atoms with Crippen molar-refractivity contribution in [3.8, 4) is 0 Å². The third-order valence-electron chi connectivity index (χ3n) is 4.01. The fourth-order valence-corrected chi connectivity index (χ4v) is 2.75. The minimum absolute atomic E-state index is 0.154. The predicted molar refractivity (Wildman–Crippen MR) is 111 cm³/mol. The largest absolute Gasteiger partial charge is 0.481 e. The first-order valence-corrected chi connectivity index (χ1v) is 10.7. The molecule has 0 aliphatic heterocycles. The minimum Gasteiger partial charge on any atom is -0.481 e. The number of carbonyl (C=O) groups excluding carboxylic acids is 4. The lowest BCUT2D eigenvalue weighted by molar-refractivity contribution is -0.142. The summed E-state index contributed by atoms with van der Waals surface area (Å²) in [7, 11) is 0. The maximum absolute atomic E-state index is 12.7. The summed E-state index contributed by atoms with van der Waals surface area (Å²) < 4.78 is 0. The van der Waals surface area contributed by atoms with E-state index < -0.39 is 72.6 Å². The zero-order chi connectivity index (χ0) is 24.1. The SMILES string of the molecule is CSCCC(NC(=O)C(N)CC(N)=O)C(=O)NC(CCC(=O)O)C(=O)NC(C)C(=O)O. The molecule has 0 aliphatic carbocycles. The highest BCUT2D eigenvalue weighted by Gasteiger charge is 2.29. The van der Waals surface area contributed by atoms with E-state index >= 15 is 0 Å². The number of primary amides is 1. The molecule has 4 atom stereocenters. The van der Waals surface area contributed by atoms with E-state index in [-0.39, 0.29) is 12.8 Å². The minimum atomic E-state index is -1.35. The number of carboxylic acids is 2. The van der Waals surface area contributed by atoms with Gasteiger partial charge in [-0.1, -0.05) is 0 Å². The van der Waals surface area contributed by atoms with Crippen molar-refractivity contribution in [2.24, 2.45) is 11.5 Å². The first kappa shape index (κ1) is 28.1. The van der Waals surface area contributed by atoms with Crippen molar-refractivity contribution in [1.29, 1.82) is 0 Å². The van der Waals surface area contributed by atoms with E-state index in [4.69, 9.17) is 21.7 Å². The van der Waals surface area contributed by atoms with Crippen LogP contribution in [0.5, 0.6) is 0 Å². The van der Waals surface area contributed by atoms with Crippen LogP contribution >= 0.6 is 11.8 Å². The number of rotatable bonds is 15. The monoisotopic (exact) mass is 463 g/mol. The Morgan fingerprint density at radius 2 is 1.42 bits per heavy atom. The molecule has 0 heterocycles. The van der Waals surface area contributed by atoms with Crippen molar-refractivity contribution < 1.29 is 39.0 Å². The van der Waals surface area contributed by atoms with Crippen LogP contribution in [0.4, 0.5) is 0 Å². The number of nitrogens with two attached hydrogens (primary N) is 2. The molecule has 0 radical (unpaired) electrons. The molecule has 0 saturated heterocycles. The van der Waals surface area contributed by atoms with E-state index in [0.717, 1.165) is 0 Å². The Hall–Kier alpha value is -2.87. The second-order valence-electron chi connectivity index (χ2n) is 6.68. The molecule has 9 N–H and O–H groups in total. The molecular formula is C17H29N5O8S. The maximum Gasteiger partial charge on any atom is 0.325 e. The Kier molecular flexibility index (Phi) is 12.9. The smallest absolute Gasteiger partial charge is 0.325 e. The summed E-state index contributed by atoms with van der Waals surface area (Å²) in [5.41, 5.74) is 10.6. The average molecular weight is 464 g/mol. The number of carboxylic acid groups (broad SMARTS) is 2. The van der Waals surface area contributed by atoms with Gasteiger partial charge in [0.2, 0.25) is 23.6 Å². The number of aliphatic carboxylic acids is 2. The van der Waals surface area contributed by atoms with Gasteiger partial charge in [-0.25, -0.2) is 0 Å². The van der Waals surface area contributed by atoms with Crippen molar-refractivity contribution in [1.82, 2.24) is 16.0 Å². The Bertz CT molecular complexity index is 689. The van der Waals surface area contributed by atoms with Gasteiger partial charge in [-0.05, 0) is 31.8 Å². The summed E-state index contributed by atoms with van der Waals surface area (Å²) in [6.07, 6.45) is 0.723. The molecule has 0 saturated carbocycles. The van der Waals surface area contributed by atoms with Gasteiger partial charge < -0.3 is 37.6 Å². The van der Waals surface area contributed by atoms with Crippen molar-refractivity contribution in [2.75, 3.05) is 12.0 Å². The number of carbonyl (C=O) groups is 6. The normalized spacial score (nSPS) is 14.4. The van der Waals surface area contributed by atoms with Gasteiger partial charge in [0.1, 0.15) is 18.1 Å². The van der Waals surface area contributed by atoms with Gasteiger partial charge in [0, 0.05) is 6.42 Å². The van der Waals surface area contributed by atoms with Gasteiger partial charge in [-0.3, -0.25) is 28.8 Å². The average Bonchev–Trinajstić information content (AvgIpc) is 2.66. The first-order chi connectivity index (χ1) is 14.4. The molecule has 0 aromatic carbocycles. The van der Waals surface area contributed by atoms with Crippen LogP contribution in [0.15, 0.2) is 0 Å². The lowest BCUT2D eigenvalue weighted by Crippen LogP contribution is -2.57. The standard InChI is InChI=1S/C17H29N5O8S/c1-8(17(29)30)20-15(27)10(3-4-13(24)25)22-16(28)11(5-6-31-2)21-14(26)9(18)7-12(19)23/h8-11H,3-7,18H2,1-2H3,(H2,19,23)(H,20,27)(H,21,26)(H,22,28)(H,24,25)(H,29,30). The second kappa shape index (κ2) is 14.2. The fourth-order valence-electron chi connectivity index (χ4n) is 2.28. The van der Waals surface area contributed by atoms with E-state index in [1.54, 1.807) is 6.26 Å². The van der Waals surface area contributed by atoms with Crippen LogP contribution in [0, 0.1) is 0 Å². The molecule has 4 unspecified atom stereocenters. The van der Waals surface area contributed by atoms with E-state index in [9.17, 15) is 28.8 Å². The van der Waals surface area contributed by atoms with Crippen LogP contribution in [0.1, 0.15) is 32.6 Å². The lowest BCUT2D eigenvalue weighted by atomic mass is 10.1. The zero-order valence-electron chi connectivity index (χ0n) is 17.3. The van der Waals surface area contributed by atoms with E-state index in [2.05, 4.69) is 16.0 Å². The molecule has 13 nitrogen and oxygen atoms in total. The van der Waals surface area contributed by atoms with E-state index in [1.165, 1.54) is 18.7 Å². The van der Waals surface area contributed by atoms with Crippen LogP contribution < -0.4 is 27.4 Å². The number of amides is 4. The van der Waals surface area contributed by atoms with Crippen molar-refractivity contribution in [3.63, 3.8) is 0 Å². The molecule has 0 fully saturated rings. The predicted octanol–water partition coefficient (Wildman–Crippen LogP) is -2.63. The zero-order valence-corrected chi connectivity index (χ0v) is 18.1. The molecule has 14 heteroatoms. The Balaban J connectivity index is 5.36. The van der Waals surface area contributed by atoms with Gasteiger partial charge in [0.15, 0.2) is 0 Å². The van der Waals surface area contributed by atoms with Crippen LogP contribution in [-0.2, 0) is 28.8 Å². The number of hydrogen-bond donors (Lipinski definition) is 7.